The van der Waals surface area contributed by atoms with E-state index in [4.69, 9.17) is 4.74 Å². The van der Waals surface area contributed by atoms with Crippen LogP contribution in [0, 0.1) is 0 Å². The maximum absolute atomic E-state index is 11.9. The Balaban J connectivity index is 1.45. The number of aromatic nitrogens is 3. The first kappa shape index (κ1) is 15.7. The van der Waals surface area contributed by atoms with E-state index in [1.54, 1.807) is 17.1 Å². The second kappa shape index (κ2) is 7.92. The highest BCUT2D eigenvalue weighted by Crippen LogP contribution is 2.09. The first-order valence-corrected chi connectivity index (χ1v) is 7.71. The van der Waals surface area contributed by atoms with Crippen LogP contribution in [0.3, 0.4) is 0 Å². The molecular formula is C18H18N4O2. The predicted octanol–water partition coefficient (Wildman–Crippen LogP) is 2.35. The molecular weight excluding hydrogens is 304 g/mol. The third-order valence-electron chi connectivity index (χ3n) is 3.38. The molecule has 2 aromatic heterocycles. The molecule has 0 saturated heterocycles. The van der Waals surface area contributed by atoms with Gasteiger partial charge in [0.15, 0.2) is 5.82 Å². The number of ether oxygens (including phenoxy) is 1. The molecule has 0 aliphatic rings. The molecule has 3 aromatic rings. The fourth-order valence-corrected chi connectivity index (χ4v) is 2.17. The second-order valence-corrected chi connectivity index (χ2v) is 5.16. The zero-order valence-corrected chi connectivity index (χ0v) is 13.1. The van der Waals surface area contributed by atoms with E-state index in [1.807, 2.05) is 54.7 Å². The summed E-state index contributed by atoms with van der Waals surface area (Å²) in [4.78, 5) is 16.2. The van der Waals surface area contributed by atoms with Crippen molar-refractivity contribution in [3.8, 4) is 11.6 Å². The number of carbonyl (C=O) groups is 1. The van der Waals surface area contributed by atoms with Crippen molar-refractivity contribution in [3.63, 3.8) is 0 Å². The summed E-state index contributed by atoms with van der Waals surface area (Å²) in [6.07, 6.45) is 5.54. The molecule has 0 radical (unpaired) electrons. The van der Waals surface area contributed by atoms with Crippen molar-refractivity contribution < 1.29 is 9.53 Å². The van der Waals surface area contributed by atoms with E-state index in [9.17, 15) is 4.79 Å². The van der Waals surface area contributed by atoms with Gasteiger partial charge in [-0.05, 0) is 35.9 Å². The number of carbonyl (C=O) groups excluding carboxylic acids is 1. The monoisotopic (exact) mass is 322 g/mol. The van der Waals surface area contributed by atoms with Crippen molar-refractivity contribution in [2.75, 3.05) is 6.61 Å². The minimum atomic E-state index is -0.0524. The lowest BCUT2D eigenvalue weighted by Crippen LogP contribution is -2.24. The van der Waals surface area contributed by atoms with Gasteiger partial charge in [-0.2, -0.15) is 5.10 Å². The number of nitrogens with one attached hydrogen (secondary N) is 1. The van der Waals surface area contributed by atoms with E-state index in [-0.39, 0.29) is 5.91 Å². The SMILES string of the molecule is O=C(CCOc1ccccc1)NCc1ccnc(-n2cccn2)c1. The molecule has 1 N–H and O–H groups in total. The molecule has 0 aliphatic heterocycles. The Bertz CT molecular complexity index is 773. The Kier molecular flexibility index (Phi) is 5.19. The van der Waals surface area contributed by atoms with Crippen LogP contribution >= 0.6 is 0 Å². The fraction of sp³-hybridized carbons (Fsp3) is 0.167. The highest BCUT2D eigenvalue weighted by atomic mass is 16.5. The molecule has 1 aromatic carbocycles. The number of para-hydroxylation sites is 1. The smallest absolute Gasteiger partial charge is 0.223 e. The topological polar surface area (TPSA) is 69.0 Å². The molecule has 0 atom stereocenters. The summed E-state index contributed by atoms with van der Waals surface area (Å²) in [6.45, 7) is 0.797. The van der Waals surface area contributed by atoms with Gasteiger partial charge < -0.3 is 10.1 Å². The van der Waals surface area contributed by atoms with Crippen LogP contribution in [-0.2, 0) is 11.3 Å². The molecule has 0 aliphatic carbocycles. The van der Waals surface area contributed by atoms with E-state index in [1.165, 1.54) is 0 Å². The number of rotatable bonds is 7. The Morgan fingerprint density at radius 1 is 1.12 bits per heavy atom. The summed E-state index contributed by atoms with van der Waals surface area (Å²) < 4.78 is 7.19. The first-order valence-electron chi connectivity index (χ1n) is 7.71. The number of amides is 1. The van der Waals surface area contributed by atoms with Gasteiger partial charge in [0.2, 0.25) is 5.91 Å². The molecule has 3 rings (SSSR count). The van der Waals surface area contributed by atoms with Gasteiger partial charge in [0.05, 0.1) is 13.0 Å². The molecule has 24 heavy (non-hydrogen) atoms. The number of pyridine rings is 1. The number of hydrogen-bond acceptors (Lipinski definition) is 4. The fourth-order valence-electron chi connectivity index (χ4n) is 2.17. The minimum Gasteiger partial charge on any atom is -0.493 e. The molecule has 122 valence electrons. The van der Waals surface area contributed by atoms with Crippen LogP contribution in [-0.4, -0.2) is 27.3 Å². The van der Waals surface area contributed by atoms with Gasteiger partial charge in [0.1, 0.15) is 5.75 Å². The first-order chi connectivity index (χ1) is 11.8. The predicted molar refractivity (Wildman–Crippen MR) is 89.8 cm³/mol. The van der Waals surface area contributed by atoms with Crippen LogP contribution in [0.15, 0.2) is 67.1 Å². The van der Waals surface area contributed by atoms with Crippen molar-refractivity contribution in [2.45, 2.75) is 13.0 Å². The van der Waals surface area contributed by atoms with Crippen molar-refractivity contribution in [1.82, 2.24) is 20.1 Å². The number of hydrogen-bond donors (Lipinski definition) is 1. The van der Waals surface area contributed by atoms with Gasteiger partial charge in [0, 0.05) is 25.1 Å². The Labute approximate surface area is 140 Å². The molecule has 0 unspecified atom stereocenters. The van der Waals surface area contributed by atoms with E-state index >= 15 is 0 Å². The highest BCUT2D eigenvalue weighted by molar-refractivity contribution is 5.76. The van der Waals surface area contributed by atoms with Crippen LogP contribution in [0.5, 0.6) is 5.75 Å². The zero-order valence-electron chi connectivity index (χ0n) is 13.1. The van der Waals surface area contributed by atoms with Crippen LogP contribution in [0.25, 0.3) is 5.82 Å². The van der Waals surface area contributed by atoms with Gasteiger partial charge in [-0.15, -0.1) is 0 Å². The standard InChI is InChI=1S/C18H18N4O2/c23-18(8-12-24-16-5-2-1-3-6-16)20-14-15-7-10-19-17(13-15)22-11-4-9-21-22/h1-7,9-11,13H,8,12,14H2,(H,20,23). The largest absolute Gasteiger partial charge is 0.493 e. The van der Waals surface area contributed by atoms with Gasteiger partial charge in [-0.1, -0.05) is 18.2 Å². The third kappa shape index (κ3) is 4.42. The van der Waals surface area contributed by atoms with Crippen LogP contribution in [0.4, 0.5) is 0 Å². The summed E-state index contributed by atoms with van der Waals surface area (Å²) in [6, 6.07) is 15.1. The highest BCUT2D eigenvalue weighted by Gasteiger charge is 2.04. The summed E-state index contributed by atoms with van der Waals surface area (Å²) in [5, 5.41) is 7.02. The van der Waals surface area contributed by atoms with Gasteiger partial charge >= 0.3 is 0 Å². The Hall–Kier alpha value is -3.15. The molecule has 1 amide bonds. The van der Waals surface area contributed by atoms with Gasteiger partial charge in [-0.3, -0.25) is 4.79 Å². The lowest BCUT2D eigenvalue weighted by atomic mass is 10.2. The summed E-state index contributed by atoms with van der Waals surface area (Å²) in [5.41, 5.74) is 0.966. The van der Waals surface area contributed by atoms with Gasteiger partial charge in [-0.25, -0.2) is 9.67 Å². The summed E-state index contributed by atoms with van der Waals surface area (Å²) >= 11 is 0. The normalized spacial score (nSPS) is 10.3. The molecule has 2 heterocycles. The lowest BCUT2D eigenvalue weighted by molar-refractivity contribution is -0.121. The second-order valence-electron chi connectivity index (χ2n) is 5.16. The van der Waals surface area contributed by atoms with E-state index in [2.05, 4.69) is 15.4 Å². The van der Waals surface area contributed by atoms with Crippen LogP contribution < -0.4 is 10.1 Å². The molecule has 0 saturated carbocycles. The van der Waals surface area contributed by atoms with Crippen molar-refractivity contribution in [1.29, 1.82) is 0 Å². The zero-order chi connectivity index (χ0) is 16.6. The van der Waals surface area contributed by atoms with Crippen molar-refractivity contribution in [2.24, 2.45) is 0 Å². The Morgan fingerprint density at radius 2 is 2.00 bits per heavy atom. The maximum Gasteiger partial charge on any atom is 0.223 e. The van der Waals surface area contributed by atoms with Crippen molar-refractivity contribution >= 4 is 5.91 Å². The maximum atomic E-state index is 11.9. The van der Waals surface area contributed by atoms with E-state index in [0.717, 1.165) is 17.1 Å². The number of nitrogens with zero attached hydrogens (tertiary/aromatic N) is 3. The van der Waals surface area contributed by atoms with Crippen LogP contribution in [0.2, 0.25) is 0 Å². The average molecular weight is 322 g/mol. The van der Waals surface area contributed by atoms with Crippen LogP contribution in [0.1, 0.15) is 12.0 Å². The quantitative estimate of drug-likeness (QED) is 0.725. The molecule has 6 nitrogen and oxygen atoms in total. The molecule has 6 heteroatoms. The van der Waals surface area contributed by atoms with E-state index < -0.39 is 0 Å². The van der Waals surface area contributed by atoms with Crippen molar-refractivity contribution in [3.05, 3.63) is 72.7 Å². The lowest BCUT2D eigenvalue weighted by Gasteiger charge is -2.08. The summed E-state index contributed by atoms with van der Waals surface area (Å²) in [7, 11) is 0. The van der Waals surface area contributed by atoms with E-state index in [0.29, 0.717) is 19.6 Å². The average Bonchev–Trinajstić information content (AvgIpc) is 3.16. The summed E-state index contributed by atoms with van der Waals surface area (Å²) in [5.74, 6) is 1.44. The minimum absolute atomic E-state index is 0.0524. The molecule has 0 spiro atoms. The Morgan fingerprint density at radius 3 is 2.79 bits per heavy atom. The third-order valence-corrected chi connectivity index (χ3v) is 3.38. The van der Waals surface area contributed by atoms with Gasteiger partial charge in [0.25, 0.3) is 0 Å². The molecule has 0 bridgehead atoms. The number of benzene rings is 1. The molecule has 0 fully saturated rings.